The Bertz CT molecular complexity index is 1380. The van der Waals surface area contributed by atoms with Gasteiger partial charge in [0.15, 0.2) is 0 Å². The zero-order valence-corrected chi connectivity index (χ0v) is 26.9. The predicted molar refractivity (Wildman–Crippen MR) is 165 cm³/mol. The minimum absolute atomic E-state index is 0.144. The number of hydrogen-bond acceptors (Lipinski definition) is 8. The van der Waals surface area contributed by atoms with Crippen molar-refractivity contribution in [2.75, 3.05) is 57.9 Å². The lowest BCUT2D eigenvalue weighted by molar-refractivity contribution is 0.0303. The first kappa shape index (κ1) is 32.9. The fourth-order valence-corrected chi connectivity index (χ4v) is 7.90. The number of benzene rings is 1. The van der Waals surface area contributed by atoms with Crippen LogP contribution in [-0.2, 0) is 32.5 Å². The summed E-state index contributed by atoms with van der Waals surface area (Å²) in [7, 11) is -3.70. The average molecular weight is 635 g/mol. The number of rotatable bonds is 12. The van der Waals surface area contributed by atoms with E-state index in [1.165, 1.54) is 39.9 Å². The number of amides is 3. The van der Waals surface area contributed by atoms with Crippen LogP contribution in [0.1, 0.15) is 77.6 Å². The molecule has 2 aromatic rings. The molecular weight excluding hydrogens is 592 g/mol. The third-order valence-electron chi connectivity index (χ3n) is 7.60. The number of nitrogens with one attached hydrogen (secondary N) is 1. The molecule has 11 nitrogen and oxygen atoms in total. The predicted octanol–water partition coefficient (Wildman–Crippen LogP) is 4.58. The van der Waals surface area contributed by atoms with Crippen LogP contribution in [0.3, 0.4) is 0 Å². The second-order valence-corrected chi connectivity index (χ2v) is 13.6. The van der Waals surface area contributed by atoms with Gasteiger partial charge >= 0.3 is 6.09 Å². The molecule has 0 aliphatic carbocycles. The number of nitrogens with zero attached hydrogens (tertiary/aromatic N) is 3. The van der Waals surface area contributed by atoms with E-state index in [0.717, 1.165) is 36.1 Å². The molecule has 2 aliphatic heterocycles. The first-order chi connectivity index (χ1) is 20.7. The molecule has 236 valence electrons. The second-order valence-electron chi connectivity index (χ2n) is 10.6. The van der Waals surface area contributed by atoms with Crippen LogP contribution < -0.4 is 5.32 Å². The Hall–Kier alpha value is -3.00. The molecule has 0 saturated carbocycles. The number of morpholine rings is 1. The van der Waals surface area contributed by atoms with Crippen molar-refractivity contribution >= 4 is 44.3 Å². The summed E-state index contributed by atoms with van der Waals surface area (Å²) >= 11 is 1.28. The Morgan fingerprint density at radius 2 is 1.63 bits per heavy atom. The maximum Gasteiger partial charge on any atom is 0.410 e. The first-order valence-electron chi connectivity index (χ1n) is 15.1. The monoisotopic (exact) mass is 634 g/mol. The summed E-state index contributed by atoms with van der Waals surface area (Å²) in [5.74, 6) is -0.629. The average Bonchev–Trinajstić information content (AvgIpc) is 3.38. The van der Waals surface area contributed by atoms with Crippen LogP contribution in [0.4, 0.5) is 9.80 Å². The number of carbonyl (C=O) groups excluding carboxylic acids is 3. The van der Waals surface area contributed by atoms with Crippen LogP contribution >= 0.6 is 11.3 Å². The SMILES string of the molecule is CCCCN(CCCC)S(=O)(=O)c1ccc(C(=O)Nc2sc3c(c2C(=O)N2CCOCC2)CCN(C(=O)OCC)C3)cc1. The van der Waals surface area contributed by atoms with Crippen LogP contribution in [0.25, 0.3) is 0 Å². The standard InChI is InChI=1S/C30H42N4O7S2/c1-4-7-14-34(15-8-5-2)43(38,39)23-11-9-22(10-12-23)27(35)31-28-26(29(36)32-17-19-40-20-18-32)24-13-16-33(21-25(24)42-28)30(37)41-6-3/h9-12H,4-8,13-21H2,1-3H3,(H,31,35). The summed E-state index contributed by atoms with van der Waals surface area (Å²) in [6, 6.07) is 5.93. The lowest BCUT2D eigenvalue weighted by Gasteiger charge is -2.29. The van der Waals surface area contributed by atoms with E-state index < -0.39 is 22.0 Å². The largest absolute Gasteiger partial charge is 0.450 e. The fourth-order valence-electron chi connectivity index (χ4n) is 5.14. The van der Waals surface area contributed by atoms with Crippen molar-refractivity contribution in [2.45, 2.75) is 64.3 Å². The normalized spacial score (nSPS) is 15.3. The van der Waals surface area contributed by atoms with Gasteiger partial charge in [-0.05, 0) is 56.0 Å². The molecule has 43 heavy (non-hydrogen) atoms. The molecule has 4 rings (SSSR count). The van der Waals surface area contributed by atoms with Crippen LogP contribution in [0.15, 0.2) is 29.2 Å². The van der Waals surface area contributed by atoms with Gasteiger partial charge in [-0.25, -0.2) is 13.2 Å². The van der Waals surface area contributed by atoms with Gasteiger partial charge in [-0.1, -0.05) is 26.7 Å². The minimum atomic E-state index is -3.70. The highest BCUT2D eigenvalue weighted by Gasteiger charge is 2.33. The molecule has 1 fully saturated rings. The van der Waals surface area contributed by atoms with Crippen LogP contribution in [0.2, 0.25) is 0 Å². The molecule has 1 N–H and O–H groups in total. The Kier molecular flexibility index (Phi) is 11.6. The van der Waals surface area contributed by atoms with E-state index in [4.69, 9.17) is 9.47 Å². The molecule has 0 unspecified atom stereocenters. The molecule has 1 aromatic heterocycles. The topological polar surface area (TPSA) is 126 Å². The van der Waals surface area contributed by atoms with Gasteiger partial charge in [0, 0.05) is 43.2 Å². The maximum atomic E-state index is 13.7. The summed E-state index contributed by atoms with van der Waals surface area (Å²) in [5.41, 5.74) is 1.55. The van der Waals surface area contributed by atoms with Gasteiger partial charge in [-0.2, -0.15) is 4.31 Å². The molecule has 0 spiro atoms. The quantitative estimate of drug-likeness (QED) is 0.362. The summed E-state index contributed by atoms with van der Waals surface area (Å²) in [4.78, 5) is 43.8. The van der Waals surface area contributed by atoms with Gasteiger partial charge < -0.3 is 24.6 Å². The van der Waals surface area contributed by atoms with Crippen molar-refractivity contribution in [3.63, 3.8) is 0 Å². The number of sulfonamides is 1. The molecular formula is C30H42N4O7S2. The highest BCUT2D eigenvalue weighted by molar-refractivity contribution is 7.89. The maximum absolute atomic E-state index is 13.7. The molecule has 13 heteroatoms. The van der Waals surface area contributed by atoms with Crippen molar-refractivity contribution < 1.29 is 32.3 Å². The molecule has 1 aromatic carbocycles. The summed E-state index contributed by atoms with van der Waals surface area (Å²) < 4.78 is 38.8. The van der Waals surface area contributed by atoms with E-state index in [2.05, 4.69) is 5.32 Å². The Labute approximate surface area is 258 Å². The third kappa shape index (κ3) is 7.75. The number of anilines is 1. The molecule has 0 radical (unpaired) electrons. The van der Waals surface area contributed by atoms with E-state index >= 15 is 0 Å². The lowest BCUT2D eigenvalue weighted by Crippen LogP contribution is -2.41. The fraction of sp³-hybridized carbons (Fsp3) is 0.567. The molecule has 3 amide bonds. The van der Waals surface area contributed by atoms with Gasteiger partial charge in [0.1, 0.15) is 5.00 Å². The Morgan fingerprint density at radius 3 is 2.23 bits per heavy atom. The number of unbranched alkanes of at least 4 members (excludes halogenated alkanes) is 2. The van der Waals surface area contributed by atoms with Crippen LogP contribution in [0.5, 0.6) is 0 Å². The van der Waals surface area contributed by atoms with Gasteiger partial charge in [0.2, 0.25) is 10.0 Å². The zero-order chi connectivity index (χ0) is 31.0. The molecule has 2 aliphatic rings. The van der Waals surface area contributed by atoms with Crippen LogP contribution in [-0.4, -0.2) is 93.0 Å². The van der Waals surface area contributed by atoms with Crippen molar-refractivity contribution in [2.24, 2.45) is 0 Å². The molecule has 0 bridgehead atoms. The van der Waals surface area contributed by atoms with Gasteiger partial charge in [-0.3, -0.25) is 9.59 Å². The second kappa shape index (κ2) is 15.1. The smallest absolute Gasteiger partial charge is 0.410 e. The van der Waals surface area contributed by atoms with Gasteiger partial charge in [0.25, 0.3) is 11.8 Å². The minimum Gasteiger partial charge on any atom is -0.450 e. The van der Waals surface area contributed by atoms with E-state index in [0.29, 0.717) is 62.9 Å². The van der Waals surface area contributed by atoms with Gasteiger partial charge in [-0.15, -0.1) is 11.3 Å². The van der Waals surface area contributed by atoms with Crippen molar-refractivity contribution in [3.05, 3.63) is 45.8 Å². The number of thiophene rings is 1. The van der Waals surface area contributed by atoms with E-state index in [-0.39, 0.29) is 29.5 Å². The summed E-state index contributed by atoms with van der Waals surface area (Å²) in [6.07, 6.45) is 3.38. The van der Waals surface area contributed by atoms with Crippen LogP contribution in [0, 0.1) is 0 Å². The van der Waals surface area contributed by atoms with E-state index in [1.807, 2.05) is 13.8 Å². The highest BCUT2D eigenvalue weighted by Crippen LogP contribution is 2.38. The Balaban J connectivity index is 1.58. The molecule has 0 atom stereocenters. The van der Waals surface area contributed by atoms with Crippen molar-refractivity contribution in [1.29, 1.82) is 0 Å². The van der Waals surface area contributed by atoms with Crippen molar-refractivity contribution in [1.82, 2.24) is 14.1 Å². The van der Waals surface area contributed by atoms with E-state index in [1.54, 1.807) is 16.7 Å². The van der Waals surface area contributed by atoms with Crippen molar-refractivity contribution in [3.8, 4) is 0 Å². The summed E-state index contributed by atoms with van der Waals surface area (Å²) in [5, 5.41) is 3.33. The number of fused-ring (bicyclic) bond motifs is 1. The third-order valence-corrected chi connectivity index (χ3v) is 10.6. The highest BCUT2D eigenvalue weighted by atomic mass is 32.2. The number of ether oxygens (including phenoxy) is 2. The summed E-state index contributed by atoms with van der Waals surface area (Å²) in [6.45, 7) is 9.48. The molecule has 3 heterocycles. The van der Waals surface area contributed by atoms with Gasteiger partial charge in [0.05, 0.1) is 36.8 Å². The lowest BCUT2D eigenvalue weighted by atomic mass is 10.0. The van der Waals surface area contributed by atoms with E-state index in [9.17, 15) is 22.8 Å². The molecule has 1 saturated heterocycles. The number of carbonyl (C=O) groups is 3. The number of hydrogen-bond donors (Lipinski definition) is 1. The zero-order valence-electron chi connectivity index (χ0n) is 25.2. The Morgan fingerprint density at radius 1 is 0.977 bits per heavy atom. The first-order valence-corrected chi connectivity index (χ1v) is 17.3.